The molecule has 0 N–H and O–H groups in total. The van der Waals surface area contributed by atoms with Gasteiger partial charge in [-0.05, 0) is 0 Å². The Hall–Kier alpha value is 0.429. The van der Waals surface area contributed by atoms with Gasteiger partial charge in [0.1, 0.15) is 0 Å². The van der Waals surface area contributed by atoms with Crippen LogP contribution in [0.1, 0.15) is 26.5 Å². The number of nitrogens with zero attached hydrogens (tertiary/aromatic N) is 1. The summed E-state index contributed by atoms with van der Waals surface area (Å²) in [5.74, 6) is 0. The molecule has 0 aliphatic carbocycles. The molecular weight excluding hydrogens is 261 g/mol. The molecule has 2 radical (unpaired) electrons. The van der Waals surface area contributed by atoms with E-state index in [0.29, 0.717) is 3.43 Å². The van der Waals surface area contributed by atoms with Gasteiger partial charge in [-0.25, -0.2) is 0 Å². The minimum atomic E-state index is -0.421. The summed E-state index contributed by atoms with van der Waals surface area (Å²) in [6.45, 7) is 9.02. The van der Waals surface area contributed by atoms with Gasteiger partial charge in [0.05, 0.1) is 0 Å². The monoisotopic (exact) mass is 275 g/mol. The van der Waals surface area contributed by atoms with E-state index in [-0.39, 0.29) is 0 Å². The molecule has 0 aromatic carbocycles. The first kappa shape index (κ1) is 9.52. The zero-order valence-corrected chi connectivity index (χ0v) is 11.1. The van der Waals surface area contributed by atoms with E-state index in [9.17, 15) is 0 Å². The Kier molecular flexibility index (Phi) is 2.97. The predicted octanol–water partition coefficient (Wildman–Crippen LogP) is 2.00. The topological polar surface area (TPSA) is 12.9 Å². The Labute approximate surface area is 82.5 Å². The van der Waals surface area contributed by atoms with Crippen molar-refractivity contribution in [2.24, 2.45) is 0 Å². The third kappa shape index (κ3) is 3.56. The SMILES string of the molecule is Cc1cs[c]([Sn][C](C)(C)C)n1. The molecule has 11 heavy (non-hydrogen) atoms. The van der Waals surface area contributed by atoms with Crippen molar-refractivity contribution in [3.8, 4) is 0 Å². The van der Waals surface area contributed by atoms with Crippen LogP contribution in [0.5, 0.6) is 0 Å². The van der Waals surface area contributed by atoms with Crippen molar-refractivity contribution in [3.63, 3.8) is 0 Å². The van der Waals surface area contributed by atoms with Gasteiger partial charge >= 0.3 is 82.7 Å². The summed E-state index contributed by atoms with van der Waals surface area (Å²) < 4.78 is 1.96. The van der Waals surface area contributed by atoms with Gasteiger partial charge in [0.2, 0.25) is 0 Å². The number of hydrogen-bond acceptors (Lipinski definition) is 2. The predicted molar refractivity (Wildman–Crippen MR) is 52.0 cm³/mol. The number of rotatable bonds is 1. The summed E-state index contributed by atoms with van der Waals surface area (Å²) in [6.07, 6.45) is 0. The number of aryl methyl sites for hydroxylation is 1. The van der Waals surface area contributed by atoms with E-state index in [1.54, 1.807) is 0 Å². The first-order valence-corrected chi connectivity index (χ1v) is 7.41. The van der Waals surface area contributed by atoms with Gasteiger partial charge in [-0.15, -0.1) is 0 Å². The molecule has 0 fully saturated rings. The zero-order valence-electron chi connectivity index (χ0n) is 7.43. The van der Waals surface area contributed by atoms with Crippen molar-refractivity contribution < 1.29 is 0 Å². The van der Waals surface area contributed by atoms with Crippen LogP contribution in [0, 0.1) is 6.92 Å². The summed E-state index contributed by atoms with van der Waals surface area (Å²) in [4.78, 5) is 4.49. The molecule has 0 aliphatic heterocycles. The second kappa shape index (κ2) is 3.44. The Morgan fingerprint density at radius 1 is 1.45 bits per heavy atom. The number of aromatic nitrogens is 1. The summed E-state index contributed by atoms with van der Waals surface area (Å²) in [6, 6.07) is 0. The molecule has 0 saturated carbocycles. The quantitative estimate of drug-likeness (QED) is 0.714. The molecule has 0 spiro atoms. The molecule has 60 valence electrons. The first-order valence-electron chi connectivity index (χ1n) is 3.68. The van der Waals surface area contributed by atoms with Crippen LogP contribution in [0.4, 0.5) is 0 Å². The molecule has 0 atom stereocenters. The molecule has 1 aromatic rings. The van der Waals surface area contributed by atoms with Crippen molar-refractivity contribution >= 4 is 35.5 Å². The van der Waals surface area contributed by atoms with Gasteiger partial charge in [-0.1, -0.05) is 0 Å². The van der Waals surface area contributed by atoms with Crippen molar-refractivity contribution in [2.45, 2.75) is 31.1 Å². The van der Waals surface area contributed by atoms with Gasteiger partial charge in [0.15, 0.2) is 0 Å². The van der Waals surface area contributed by atoms with Crippen LogP contribution < -0.4 is 3.02 Å². The van der Waals surface area contributed by atoms with Crippen LogP contribution in [-0.2, 0) is 0 Å². The fourth-order valence-corrected chi connectivity index (χ4v) is 6.88. The first-order chi connectivity index (χ1) is 4.97. The average Bonchev–Trinajstić information content (AvgIpc) is 2.10. The van der Waals surface area contributed by atoms with E-state index < -0.39 is 21.1 Å². The zero-order chi connectivity index (χ0) is 8.48. The Morgan fingerprint density at radius 2 is 2.09 bits per heavy atom. The van der Waals surface area contributed by atoms with E-state index in [0.717, 1.165) is 0 Å². The van der Waals surface area contributed by atoms with E-state index in [2.05, 4.69) is 38.1 Å². The van der Waals surface area contributed by atoms with Crippen molar-refractivity contribution in [1.82, 2.24) is 4.98 Å². The Balaban J connectivity index is 2.65. The molecular formula is C8H13NSSn. The maximum atomic E-state index is 4.49. The average molecular weight is 274 g/mol. The molecule has 3 heteroatoms. The van der Waals surface area contributed by atoms with Crippen LogP contribution in [0.15, 0.2) is 5.38 Å². The molecule has 0 saturated heterocycles. The van der Waals surface area contributed by atoms with Crippen LogP contribution in [0.25, 0.3) is 0 Å². The number of thiazole rings is 1. The van der Waals surface area contributed by atoms with Crippen LogP contribution in [0.2, 0.25) is 3.43 Å². The van der Waals surface area contributed by atoms with Crippen LogP contribution >= 0.6 is 11.3 Å². The molecule has 0 unspecified atom stereocenters. The van der Waals surface area contributed by atoms with Gasteiger partial charge < -0.3 is 0 Å². The summed E-state index contributed by atoms with van der Waals surface area (Å²) >= 11 is 1.42. The van der Waals surface area contributed by atoms with E-state index in [1.165, 1.54) is 8.72 Å². The van der Waals surface area contributed by atoms with Crippen molar-refractivity contribution in [1.29, 1.82) is 0 Å². The molecule has 0 aliphatic rings. The molecule has 1 heterocycles. The third-order valence-corrected chi connectivity index (χ3v) is 6.64. The van der Waals surface area contributed by atoms with Gasteiger partial charge in [-0.2, -0.15) is 0 Å². The van der Waals surface area contributed by atoms with Crippen molar-refractivity contribution in [2.75, 3.05) is 0 Å². The second-order valence-electron chi connectivity index (χ2n) is 3.67. The molecule has 0 bridgehead atoms. The van der Waals surface area contributed by atoms with E-state index in [1.807, 2.05) is 11.3 Å². The van der Waals surface area contributed by atoms with Crippen molar-refractivity contribution in [3.05, 3.63) is 11.1 Å². The summed E-state index contributed by atoms with van der Waals surface area (Å²) in [7, 11) is 0. The van der Waals surface area contributed by atoms with Crippen LogP contribution in [-0.4, -0.2) is 26.1 Å². The van der Waals surface area contributed by atoms with Gasteiger partial charge in [0, 0.05) is 0 Å². The molecule has 1 nitrogen and oxygen atoms in total. The fourth-order valence-electron chi connectivity index (χ4n) is 0.732. The normalized spacial score (nSPS) is 12.0. The van der Waals surface area contributed by atoms with E-state index >= 15 is 0 Å². The molecule has 1 rings (SSSR count). The summed E-state index contributed by atoms with van der Waals surface area (Å²) in [5, 5.41) is 2.15. The van der Waals surface area contributed by atoms with Gasteiger partial charge in [0.25, 0.3) is 0 Å². The molecule has 1 aromatic heterocycles. The number of hydrogen-bond donors (Lipinski definition) is 0. The Morgan fingerprint density at radius 3 is 2.45 bits per heavy atom. The summed E-state index contributed by atoms with van der Waals surface area (Å²) in [5.41, 5.74) is 1.19. The fraction of sp³-hybridized carbons (Fsp3) is 0.625. The standard InChI is InChI=1S/C4H4NS.C4H9.Sn/c1-4-2-6-3-5-4;1-4(2)3;/h2H,1H3;1-3H3;. The van der Waals surface area contributed by atoms with Crippen LogP contribution in [0.3, 0.4) is 0 Å². The minimum absolute atomic E-state index is 0.421. The van der Waals surface area contributed by atoms with Gasteiger partial charge in [-0.3, -0.25) is 0 Å². The maximum absolute atomic E-state index is 4.49. The Bertz CT molecular complexity index is 236. The second-order valence-corrected chi connectivity index (χ2v) is 11.9. The van der Waals surface area contributed by atoms with E-state index in [4.69, 9.17) is 0 Å². The molecule has 0 amide bonds. The third-order valence-electron chi connectivity index (χ3n) is 1.10.